The number of hydrogen-bond donors (Lipinski definition) is 1. The SMILES string of the molecule is C[C@H](NC(=O)c1ccccc1)C(=O)N1CCC(C(=O)c2ccccc2)CC1. The number of nitrogens with zero attached hydrogens (tertiary/aromatic N) is 1. The molecule has 27 heavy (non-hydrogen) atoms. The second-order valence-corrected chi connectivity index (χ2v) is 6.89. The van der Waals surface area contributed by atoms with Gasteiger partial charge in [-0.3, -0.25) is 14.4 Å². The van der Waals surface area contributed by atoms with E-state index in [1.165, 1.54) is 0 Å². The summed E-state index contributed by atoms with van der Waals surface area (Å²) < 4.78 is 0. The second kappa shape index (κ2) is 8.62. The molecule has 1 atom stereocenters. The molecule has 1 N–H and O–H groups in total. The predicted molar refractivity (Wildman–Crippen MR) is 103 cm³/mol. The minimum atomic E-state index is -0.598. The molecule has 1 heterocycles. The summed E-state index contributed by atoms with van der Waals surface area (Å²) >= 11 is 0. The van der Waals surface area contributed by atoms with Crippen molar-refractivity contribution in [1.82, 2.24) is 10.2 Å². The first-order valence-electron chi connectivity index (χ1n) is 9.30. The molecule has 2 aromatic carbocycles. The lowest BCUT2D eigenvalue weighted by Crippen LogP contribution is -2.49. The van der Waals surface area contributed by atoms with Crippen LogP contribution in [0.25, 0.3) is 0 Å². The lowest BCUT2D eigenvalue weighted by molar-refractivity contribution is -0.134. The maximum absolute atomic E-state index is 12.6. The molecule has 0 spiro atoms. The zero-order valence-electron chi connectivity index (χ0n) is 15.4. The van der Waals surface area contributed by atoms with Crippen LogP contribution < -0.4 is 5.32 Å². The molecular formula is C22H24N2O3. The van der Waals surface area contributed by atoms with Crippen molar-refractivity contribution < 1.29 is 14.4 Å². The molecule has 0 bridgehead atoms. The summed E-state index contributed by atoms with van der Waals surface area (Å²) in [5.74, 6) is -0.269. The first-order chi connectivity index (χ1) is 13.1. The molecule has 0 radical (unpaired) electrons. The first kappa shape index (κ1) is 18.8. The van der Waals surface area contributed by atoms with Crippen LogP contribution in [0.5, 0.6) is 0 Å². The average Bonchev–Trinajstić information content (AvgIpc) is 2.74. The predicted octanol–water partition coefficient (Wildman–Crippen LogP) is 2.93. The fourth-order valence-electron chi connectivity index (χ4n) is 3.41. The van der Waals surface area contributed by atoms with Crippen molar-refractivity contribution in [2.75, 3.05) is 13.1 Å². The molecule has 5 heteroatoms. The molecule has 0 saturated carbocycles. The quantitative estimate of drug-likeness (QED) is 0.830. The molecule has 3 rings (SSSR count). The highest BCUT2D eigenvalue weighted by Gasteiger charge is 2.30. The van der Waals surface area contributed by atoms with E-state index < -0.39 is 6.04 Å². The van der Waals surface area contributed by atoms with Gasteiger partial charge in [-0.1, -0.05) is 48.5 Å². The van der Waals surface area contributed by atoms with Gasteiger partial charge in [-0.05, 0) is 31.9 Å². The summed E-state index contributed by atoms with van der Waals surface area (Å²) in [6.07, 6.45) is 1.30. The molecular weight excluding hydrogens is 340 g/mol. The third-order valence-electron chi connectivity index (χ3n) is 4.99. The summed E-state index contributed by atoms with van der Waals surface area (Å²) in [5.41, 5.74) is 1.26. The standard InChI is InChI=1S/C22H24N2O3/c1-16(23-21(26)19-10-6-3-7-11-19)22(27)24-14-12-18(13-15-24)20(25)17-8-4-2-5-9-17/h2-11,16,18H,12-15H2,1H3,(H,23,26)/t16-/m0/s1. The molecule has 5 nitrogen and oxygen atoms in total. The number of nitrogens with one attached hydrogen (secondary N) is 1. The summed E-state index contributed by atoms with van der Waals surface area (Å²) in [7, 11) is 0. The van der Waals surface area contributed by atoms with Gasteiger partial charge in [0.15, 0.2) is 5.78 Å². The molecule has 140 valence electrons. The normalized spacial score (nSPS) is 15.8. The van der Waals surface area contributed by atoms with Crippen molar-refractivity contribution in [3.05, 3.63) is 71.8 Å². The van der Waals surface area contributed by atoms with Crippen molar-refractivity contribution in [3.63, 3.8) is 0 Å². The van der Waals surface area contributed by atoms with Crippen molar-refractivity contribution in [3.8, 4) is 0 Å². The largest absolute Gasteiger partial charge is 0.341 e. The lowest BCUT2D eigenvalue weighted by Gasteiger charge is -2.33. The summed E-state index contributed by atoms with van der Waals surface area (Å²) in [4.78, 5) is 39.1. The van der Waals surface area contributed by atoms with Gasteiger partial charge in [-0.15, -0.1) is 0 Å². The van der Waals surface area contributed by atoms with Gasteiger partial charge in [0.05, 0.1) is 0 Å². The smallest absolute Gasteiger partial charge is 0.251 e. The molecule has 1 saturated heterocycles. The monoisotopic (exact) mass is 364 g/mol. The number of piperidine rings is 1. The summed E-state index contributed by atoms with van der Waals surface area (Å²) in [5, 5.41) is 2.76. The number of Topliss-reactive ketones (excluding diaryl/α,β-unsaturated/α-hetero) is 1. The molecule has 1 fully saturated rings. The first-order valence-corrected chi connectivity index (χ1v) is 9.30. The van der Waals surface area contributed by atoms with E-state index in [0.717, 1.165) is 5.56 Å². The lowest BCUT2D eigenvalue weighted by atomic mass is 9.88. The van der Waals surface area contributed by atoms with Crippen LogP contribution >= 0.6 is 0 Å². The van der Waals surface area contributed by atoms with Crippen LogP contribution in [0.15, 0.2) is 60.7 Å². The van der Waals surface area contributed by atoms with E-state index in [9.17, 15) is 14.4 Å². The Bertz CT molecular complexity index is 797. The van der Waals surface area contributed by atoms with Gasteiger partial charge in [-0.25, -0.2) is 0 Å². The minimum absolute atomic E-state index is 0.0503. The Morgan fingerprint density at radius 1 is 0.889 bits per heavy atom. The van der Waals surface area contributed by atoms with Crippen molar-refractivity contribution >= 4 is 17.6 Å². The van der Waals surface area contributed by atoms with Gasteiger partial charge in [0.25, 0.3) is 5.91 Å². The summed E-state index contributed by atoms with van der Waals surface area (Å²) in [6, 6.07) is 17.5. The van der Waals surface area contributed by atoms with Crippen LogP contribution in [0.3, 0.4) is 0 Å². The topological polar surface area (TPSA) is 66.5 Å². The summed E-state index contributed by atoms with van der Waals surface area (Å²) in [6.45, 7) is 2.77. The Balaban J connectivity index is 1.52. The Kier molecular flexibility index (Phi) is 6.01. The molecule has 2 amide bonds. The maximum atomic E-state index is 12.6. The van der Waals surface area contributed by atoms with Crippen molar-refractivity contribution in [2.24, 2.45) is 5.92 Å². The zero-order chi connectivity index (χ0) is 19.2. The Hall–Kier alpha value is -2.95. The third kappa shape index (κ3) is 4.61. The average molecular weight is 364 g/mol. The van der Waals surface area contributed by atoms with Gasteiger partial charge in [-0.2, -0.15) is 0 Å². The van der Waals surface area contributed by atoms with E-state index >= 15 is 0 Å². The van der Waals surface area contributed by atoms with E-state index in [0.29, 0.717) is 31.5 Å². The van der Waals surface area contributed by atoms with E-state index in [1.807, 2.05) is 36.4 Å². The van der Waals surface area contributed by atoms with Gasteiger partial charge in [0.1, 0.15) is 6.04 Å². The van der Waals surface area contributed by atoms with E-state index in [-0.39, 0.29) is 23.5 Å². The number of likely N-dealkylation sites (tertiary alicyclic amines) is 1. The van der Waals surface area contributed by atoms with Crippen molar-refractivity contribution in [2.45, 2.75) is 25.8 Å². The fourth-order valence-corrected chi connectivity index (χ4v) is 3.41. The molecule has 0 aromatic heterocycles. The number of ketones is 1. The number of amides is 2. The molecule has 0 unspecified atom stereocenters. The molecule has 2 aromatic rings. The van der Waals surface area contributed by atoms with Gasteiger partial charge in [0.2, 0.25) is 5.91 Å². The highest BCUT2D eigenvalue weighted by Crippen LogP contribution is 2.22. The highest BCUT2D eigenvalue weighted by molar-refractivity contribution is 5.98. The maximum Gasteiger partial charge on any atom is 0.251 e. The zero-order valence-corrected chi connectivity index (χ0v) is 15.4. The highest BCUT2D eigenvalue weighted by atomic mass is 16.2. The van der Waals surface area contributed by atoms with E-state index in [4.69, 9.17) is 0 Å². The Morgan fingerprint density at radius 3 is 1.96 bits per heavy atom. The van der Waals surface area contributed by atoms with Crippen molar-refractivity contribution in [1.29, 1.82) is 0 Å². The second-order valence-electron chi connectivity index (χ2n) is 6.89. The molecule has 0 aliphatic carbocycles. The van der Waals surface area contributed by atoms with E-state index in [1.54, 1.807) is 36.1 Å². The van der Waals surface area contributed by atoms with Crippen LogP contribution in [0.1, 0.15) is 40.5 Å². The third-order valence-corrected chi connectivity index (χ3v) is 4.99. The number of carbonyl (C=O) groups excluding carboxylic acids is 3. The number of carbonyl (C=O) groups is 3. The molecule has 1 aliphatic rings. The van der Waals surface area contributed by atoms with Gasteiger partial charge >= 0.3 is 0 Å². The van der Waals surface area contributed by atoms with Crippen LogP contribution in [0, 0.1) is 5.92 Å². The van der Waals surface area contributed by atoms with Crippen LogP contribution in [-0.4, -0.2) is 41.6 Å². The van der Waals surface area contributed by atoms with Crippen LogP contribution in [0.2, 0.25) is 0 Å². The fraction of sp³-hybridized carbons (Fsp3) is 0.318. The minimum Gasteiger partial charge on any atom is -0.341 e. The number of hydrogen-bond acceptors (Lipinski definition) is 3. The van der Waals surface area contributed by atoms with Gasteiger partial charge < -0.3 is 10.2 Å². The van der Waals surface area contributed by atoms with Crippen LogP contribution in [0.4, 0.5) is 0 Å². The van der Waals surface area contributed by atoms with Crippen LogP contribution in [-0.2, 0) is 4.79 Å². The number of rotatable bonds is 5. The van der Waals surface area contributed by atoms with Gasteiger partial charge in [0, 0.05) is 30.1 Å². The Morgan fingerprint density at radius 2 is 1.41 bits per heavy atom. The van der Waals surface area contributed by atoms with E-state index in [2.05, 4.69) is 5.32 Å². The number of benzene rings is 2. The molecule has 1 aliphatic heterocycles. The Labute approximate surface area is 159 Å².